The van der Waals surface area contributed by atoms with Gasteiger partial charge in [0.25, 0.3) is 0 Å². The molecule has 11 heavy (non-hydrogen) atoms. The number of nitrogens with zero attached hydrogens (tertiary/aromatic N) is 1. The SMILES string of the molecule is CN.Cc1cc(N)cc(C)n1. The van der Waals surface area contributed by atoms with Gasteiger partial charge in [-0.3, -0.25) is 4.98 Å². The van der Waals surface area contributed by atoms with Crippen LogP contribution in [-0.4, -0.2) is 12.0 Å². The van der Waals surface area contributed by atoms with E-state index in [-0.39, 0.29) is 0 Å². The Balaban J connectivity index is 0.000000461. The summed E-state index contributed by atoms with van der Waals surface area (Å²) in [6, 6.07) is 3.71. The maximum absolute atomic E-state index is 5.52. The Hall–Kier alpha value is -1.09. The number of nitrogens with two attached hydrogens (primary N) is 2. The van der Waals surface area contributed by atoms with Crippen LogP contribution < -0.4 is 11.5 Å². The van der Waals surface area contributed by atoms with Crippen LogP contribution in [-0.2, 0) is 0 Å². The van der Waals surface area contributed by atoms with Crippen molar-refractivity contribution in [3.63, 3.8) is 0 Å². The largest absolute Gasteiger partial charge is 0.399 e. The van der Waals surface area contributed by atoms with Crippen LogP contribution in [0.1, 0.15) is 11.4 Å². The minimum Gasteiger partial charge on any atom is -0.399 e. The number of aryl methyl sites for hydroxylation is 2. The molecule has 0 unspecified atom stereocenters. The van der Waals surface area contributed by atoms with Gasteiger partial charge in [0.05, 0.1) is 0 Å². The van der Waals surface area contributed by atoms with E-state index in [1.165, 1.54) is 7.05 Å². The lowest BCUT2D eigenvalue weighted by Gasteiger charge is -1.96. The van der Waals surface area contributed by atoms with E-state index >= 15 is 0 Å². The van der Waals surface area contributed by atoms with Crippen molar-refractivity contribution in [3.8, 4) is 0 Å². The van der Waals surface area contributed by atoms with Gasteiger partial charge in [0.15, 0.2) is 0 Å². The molecular formula is C8H15N3. The van der Waals surface area contributed by atoms with Gasteiger partial charge in [0, 0.05) is 17.1 Å². The number of anilines is 1. The normalized spacial score (nSPS) is 8.36. The van der Waals surface area contributed by atoms with E-state index in [2.05, 4.69) is 10.7 Å². The van der Waals surface area contributed by atoms with Gasteiger partial charge < -0.3 is 11.5 Å². The molecule has 3 nitrogen and oxygen atoms in total. The van der Waals surface area contributed by atoms with E-state index in [0.717, 1.165) is 17.1 Å². The van der Waals surface area contributed by atoms with Gasteiger partial charge in [-0.25, -0.2) is 0 Å². The number of rotatable bonds is 0. The second-order valence-corrected chi connectivity index (χ2v) is 2.18. The zero-order valence-corrected chi connectivity index (χ0v) is 7.26. The third-order valence-electron chi connectivity index (χ3n) is 1.10. The highest BCUT2D eigenvalue weighted by molar-refractivity contribution is 5.39. The fourth-order valence-electron chi connectivity index (χ4n) is 0.867. The molecule has 0 radical (unpaired) electrons. The Morgan fingerprint density at radius 1 is 1.09 bits per heavy atom. The van der Waals surface area contributed by atoms with Gasteiger partial charge in [0.1, 0.15) is 0 Å². The standard InChI is InChI=1S/C7H10N2.CH5N/c1-5-3-7(8)4-6(2)9-5;1-2/h3-4H,1-2H3,(H2,8,9);2H2,1H3. The van der Waals surface area contributed by atoms with Crippen molar-refractivity contribution in [3.05, 3.63) is 23.5 Å². The molecule has 1 aromatic rings. The van der Waals surface area contributed by atoms with E-state index in [1.54, 1.807) is 0 Å². The van der Waals surface area contributed by atoms with Crippen molar-refractivity contribution >= 4 is 5.69 Å². The van der Waals surface area contributed by atoms with Gasteiger partial charge >= 0.3 is 0 Å². The Bertz CT molecular complexity index is 170. The van der Waals surface area contributed by atoms with Crippen LogP contribution in [0.3, 0.4) is 0 Å². The molecule has 4 N–H and O–H groups in total. The van der Waals surface area contributed by atoms with Gasteiger partial charge in [0.2, 0.25) is 0 Å². The van der Waals surface area contributed by atoms with E-state index in [0.29, 0.717) is 0 Å². The van der Waals surface area contributed by atoms with Gasteiger partial charge in [-0.1, -0.05) is 0 Å². The molecule has 0 aliphatic carbocycles. The minimum absolute atomic E-state index is 0.792. The summed E-state index contributed by atoms with van der Waals surface area (Å²) in [6.45, 7) is 3.87. The minimum atomic E-state index is 0.792. The maximum Gasteiger partial charge on any atom is 0.0396 e. The molecule has 0 fully saturated rings. The van der Waals surface area contributed by atoms with Crippen LogP contribution in [0, 0.1) is 13.8 Å². The summed E-state index contributed by atoms with van der Waals surface area (Å²) in [7, 11) is 1.50. The van der Waals surface area contributed by atoms with Crippen molar-refractivity contribution in [1.29, 1.82) is 0 Å². The van der Waals surface area contributed by atoms with E-state index in [1.807, 2.05) is 26.0 Å². The number of hydrogen-bond donors (Lipinski definition) is 2. The number of hydrogen-bond acceptors (Lipinski definition) is 3. The smallest absolute Gasteiger partial charge is 0.0396 e. The average Bonchev–Trinajstić information content (AvgIpc) is 1.88. The highest BCUT2D eigenvalue weighted by Crippen LogP contribution is 2.04. The first-order valence-corrected chi connectivity index (χ1v) is 3.47. The summed E-state index contributed by atoms with van der Waals surface area (Å²) in [5.74, 6) is 0. The van der Waals surface area contributed by atoms with Gasteiger partial charge in [-0.05, 0) is 33.0 Å². The monoisotopic (exact) mass is 153 g/mol. The molecule has 62 valence electrons. The Morgan fingerprint density at radius 3 is 1.73 bits per heavy atom. The molecule has 0 aromatic carbocycles. The summed E-state index contributed by atoms with van der Waals surface area (Å²) in [6.07, 6.45) is 0. The number of nitrogen functional groups attached to an aromatic ring is 1. The lowest BCUT2D eigenvalue weighted by molar-refractivity contribution is 1.13. The third-order valence-corrected chi connectivity index (χ3v) is 1.10. The number of pyridine rings is 1. The van der Waals surface area contributed by atoms with Crippen LogP contribution in [0.5, 0.6) is 0 Å². The van der Waals surface area contributed by atoms with Crippen LogP contribution in [0.2, 0.25) is 0 Å². The van der Waals surface area contributed by atoms with Crippen molar-refractivity contribution in [2.45, 2.75) is 13.8 Å². The van der Waals surface area contributed by atoms with Crippen molar-refractivity contribution < 1.29 is 0 Å². The fourth-order valence-corrected chi connectivity index (χ4v) is 0.867. The second kappa shape index (κ2) is 4.68. The average molecular weight is 153 g/mol. The zero-order chi connectivity index (χ0) is 8.85. The molecular weight excluding hydrogens is 138 g/mol. The Kier molecular flexibility index (Phi) is 4.22. The highest BCUT2D eigenvalue weighted by atomic mass is 14.7. The molecule has 1 rings (SSSR count). The Labute approximate surface area is 67.4 Å². The molecule has 0 amide bonds. The predicted molar refractivity (Wildman–Crippen MR) is 48.2 cm³/mol. The van der Waals surface area contributed by atoms with Crippen LogP contribution in [0.15, 0.2) is 12.1 Å². The summed E-state index contributed by atoms with van der Waals surface area (Å²) in [5, 5.41) is 0. The summed E-state index contributed by atoms with van der Waals surface area (Å²) in [5.41, 5.74) is 12.8. The quantitative estimate of drug-likeness (QED) is 0.581. The first-order chi connectivity index (χ1) is 5.18. The molecule has 3 heteroatoms. The molecule has 0 saturated carbocycles. The van der Waals surface area contributed by atoms with Crippen LogP contribution in [0.25, 0.3) is 0 Å². The first kappa shape index (κ1) is 9.91. The van der Waals surface area contributed by atoms with E-state index < -0.39 is 0 Å². The molecule has 0 bridgehead atoms. The zero-order valence-electron chi connectivity index (χ0n) is 7.26. The topological polar surface area (TPSA) is 64.9 Å². The highest BCUT2D eigenvalue weighted by Gasteiger charge is 1.89. The summed E-state index contributed by atoms with van der Waals surface area (Å²) >= 11 is 0. The molecule has 0 spiro atoms. The third kappa shape index (κ3) is 3.57. The van der Waals surface area contributed by atoms with Crippen LogP contribution in [0.4, 0.5) is 5.69 Å². The molecule has 0 atom stereocenters. The number of aromatic nitrogens is 1. The van der Waals surface area contributed by atoms with Crippen LogP contribution >= 0.6 is 0 Å². The molecule has 0 saturated heterocycles. The lowest BCUT2D eigenvalue weighted by atomic mass is 10.3. The summed E-state index contributed by atoms with van der Waals surface area (Å²) < 4.78 is 0. The first-order valence-electron chi connectivity index (χ1n) is 3.47. The van der Waals surface area contributed by atoms with Crippen molar-refractivity contribution in [2.75, 3.05) is 12.8 Å². The molecule has 1 heterocycles. The maximum atomic E-state index is 5.52. The second-order valence-electron chi connectivity index (χ2n) is 2.18. The van der Waals surface area contributed by atoms with Gasteiger partial charge in [-0.2, -0.15) is 0 Å². The predicted octanol–water partition coefficient (Wildman–Crippen LogP) is 0.856. The molecule has 0 aliphatic heterocycles. The van der Waals surface area contributed by atoms with Crippen molar-refractivity contribution in [1.82, 2.24) is 4.98 Å². The Morgan fingerprint density at radius 2 is 1.45 bits per heavy atom. The molecule has 1 aromatic heterocycles. The molecule has 0 aliphatic rings. The van der Waals surface area contributed by atoms with E-state index in [4.69, 9.17) is 5.73 Å². The van der Waals surface area contributed by atoms with Crippen molar-refractivity contribution in [2.24, 2.45) is 5.73 Å². The van der Waals surface area contributed by atoms with E-state index in [9.17, 15) is 0 Å². The lowest BCUT2D eigenvalue weighted by Crippen LogP contribution is -1.90. The fraction of sp³-hybridized carbons (Fsp3) is 0.375. The van der Waals surface area contributed by atoms with Gasteiger partial charge in [-0.15, -0.1) is 0 Å². The summed E-state index contributed by atoms with van der Waals surface area (Å²) in [4.78, 5) is 4.15.